The third kappa shape index (κ3) is 3.20. The number of aryl methyl sites for hydroxylation is 1. The first-order valence-electron chi connectivity index (χ1n) is 7.55. The molecule has 1 aromatic carbocycles. The topological polar surface area (TPSA) is 58.5 Å². The zero-order chi connectivity index (χ0) is 15.5. The van der Waals surface area contributed by atoms with Gasteiger partial charge in [0, 0.05) is 32.0 Å². The number of hydrogen-bond acceptors (Lipinski definition) is 5. The molecule has 0 atom stereocenters. The zero-order valence-electron chi connectivity index (χ0n) is 13.0. The first kappa shape index (κ1) is 14.8. The number of anilines is 1. The van der Waals surface area contributed by atoms with Gasteiger partial charge in [-0.05, 0) is 43.0 Å². The molecule has 3 rings (SSSR count). The highest BCUT2D eigenvalue weighted by molar-refractivity contribution is 5.43. The van der Waals surface area contributed by atoms with Crippen LogP contribution in [-0.4, -0.2) is 35.3 Å². The predicted octanol–water partition coefficient (Wildman–Crippen LogP) is 2.24. The van der Waals surface area contributed by atoms with Crippen molar-refractivity contribution in [2.24, 2.45) is 0 Å². The van der Waals surface area contributed by atoms with E-state index in [4.69, 9.17) is 4.74 Å². The lowest BCUT2D eigenvalue weighted by Gasteiger charge is -2.22. The van der Waals surface area contributed by atoms with E-state index in [0.29, 0.717) is 12.4 Å². The molecule has 0 saturated heterocycles. The Balaban J connectivity index is 1.83. The standard InChI is InChI=1S/C17H21N3O2/c1-12-9-17(19-16(18-12)11-22-2)20-7-5-13-3-4-15(21)10-14(13)6-8-20/h3-4,9-10,21H,5-8,11H2,1-2H3. The van der Waals surface area contributed by atoms with Crippen molar-refractivity contribution in [3.63, 3.8) is 0 Å². The number of benzene rings is 1. The van der Waals surface area contributed by atoms with Crippen molar-refractivity contribution in [2.75, 3.05) is 25.1 Å². The van der Waals surface area contributed by atoms with Gasteiger partial charge in [0.25, 0.3) is 0 Å². The van der Waals surface area contributed by atoms with Crippen LogP contribution in [0.25, 0.3) is 0 Å². The Morgan fingerprint density at radius 2 is 1.91 bits per heavy atom. The van der Waals surface area contributed by atoms with Crippen LogP contribution in [0.4, 0.5) is 5.82 Å². The maximum absolute atomic E-state index is 9.65. The van der Waals surface area contributed by atoms with Crippen molar-refractivity contribution in [1.29, 1.82) is 0 Å². The summed E-state index contributed by atoms with van der Waals surface area (Å²) in [7, 11) is 1.65. The summed E-state index contributed by atoms with van der Waals surface area (Å²) in [6, 6.07) is 7.68. The number of methoxy groups -OCH3 is 1. The van der Waals surface area contributed by atoms with Crippen LogP contribution in [0.15, 0.2) is 24.3 Å². The van der Waals surface area contributed by atoms with Crippen LogP contribution < -0.4 is 4.90 Å². The van der Waals surface area contributed by atoms with Crippen LogP contribution in [0.5, 0.6) is 5.75 Å². The van der Waals surface area contributed by atoms with E-state index in [9.17, 15) is 5.11 Å². The van der Waals surface area contributed by atoms with Gasteiger partial charge >= 0.3 is 0 Å². The van der Waals surface area contributed by atoms with Crippen LogP contribution >= 0.6 is 0 Å². The minimum Gasteiger partial charge on any atom is -0.508 e. The third-order valence-electron chi connectivity index (χ3n) is 3.98. The SMILES string of the molecule is COCc1nc(C)cc(N2CCc3ccc(O)cc3CC2)n1. The second kappa shape index (κ2) is 6.32. The van der Waals surface area contributed by atoms with Crippen molar-refractivity contribution in [1.82, 2.24) is 9.97 Å². The molecule has 2 heterocycles. The molecule has 2 aromatic rings. The van der Waals surface area contributed by atoms with E-state index in [1.807, 2.05) is 25.1 Å². The molecule has 0 amide bonds. The predicted molar refractivity (Wildman–Crippen MR) is 85.2 cm³/mol. The molecule has 1 aliphatic rings. The number of rotatable bonds is 3. The number of aromatic nitrogens is 2. The minimum atomic E-state index is 0.340. The molecule has 5 heteroatoms. The monoisotopic (exact) mass is 299 g/mol. The van der Waals surface area contributed by atoms with E-state index < -0.39 is 0 Å². The molecule has 0 fully saturated rings. The molecule has 1 N–H and O–H groups in total. The molecule has 0 radical (unpaired) electrons. The summed E-state index contributed by atoms with van der Waals surface area (Å²) in [4.78, 5) is 11.3. The summed E-state index contributed by atoms with van der Waals surface area (Å²) >= 11 is 0. The smallest absolute Gasteiger partial charge is 0.156 e. The van der Waals surface area contributed by atoms with Gasteiger partial charge < -0.3 is 14.7 Å². The molecule has 0 aliphatic carbocycles. The first-order valence-corrected chi connectivity index (χ1v) is 7.55. The van der Waals surface area contributed by atoms with Gasteiger partial charge in [-0.3, -0.25) is 0 Å². The number of phenolic OH excluding ortho intramolecular Hbond substituents is 1. The number of fused-ring (bicyclic) bond motifs is 1. The van der Waals surface area contributed by atoms with Crippen LogP contribution in [-0.2, 0) is 24.2 Å². The summed E-state index contributed by atoms with van der Waals surface area (Å²) in [6.45, 7) is 4.21. The summed E-state index contributed by atoms with van der Waals surface area (Å²) in [5.41, 5.74) is 3.49. The molecule has 116 valence electrons. The van der Waals surface area contributed by atoms with Gasteiger partial charge in [0.2, 0.25) is 0 Å². The van der Waals surface area contributed by atoms with Crippen LogP contribution in [0.2, 0.25) is 0 Å². The van der Waals surface area contributed by atoms with Crippen molar-refractivity contribution in [3.05, 3.63) is 46.9 Å². The van der Waals surface area contributed by atoms with E-state index in [2.05, 4.69) is 14.9 Å². The fourth-order valence-electron chi connectivity index (χ4n) is 2.91. The summed E-state index contributed by atoms with van der Waals surface area (Å²) in [5, 5.41) is 9.65. The largest absolute Gasteiger partial charge is 0.508 e. The van der Waals surface area contributed by atoms with E-state index in [-0.39, 0.29) is 0 Å². The van der Waals surface area contributed by atoms with Gasteiger partial charge in [0.1, 0.15) is 18.2 Å². The van der Waals surface area contributed by atoms with E-state index in [1.54, 1.807) is 13.2 Å². The van der Waals surface area contributed by atoms with E-state index >= 15 is 0 Å². The zero-order valence-corrected chi connectivity index (χ0v) is 13.0. The number of nitrogens with zero attached hydrogens (tertiary/aromatic N) is 3. The van der Waals surface area contributed by atoms with E-state index in [1.165, 1.54) is 11.1 Å². The molecule has 22 heavy (non-hydrogen) atoms. The normalized spacial score (nSPS) is 14.5. The second-order valence-corrected chi connectivity index (χ2v) is 5.66. The lowest BCUT2D eigenvalue weighted by molar-refractivity contribution is 0.177. The molecular weight excluding hydrogens is 278 g/mol. The second-order valence-electron chi connectivity index (χ2n) is 5.66. The van der Waals surface area contributed by atoms with Crippen LogP contribution in [0.1, 0.15) is 22.6 Å². The van der Waals surface area contributed by atoms with Gasteiger partial charge in [0.15, 0.2) is 5.82 Å². The maximum Gasteiger partial charge on any atom is 0.156 e. The van der Waals surface area contributed by atoms with Crippen LogP contribution in [0.3, 0.4) is 0 Å². The van der Waals surface area contributed by atoms with E-state index in [0.717, 1.165) is 43.3 Å². The molecule has 0 spiro atoms. The van der Waals surface area contributed by atoms with Gasteiger partial charge in [-0.15, -0.1) is 0 Å². The number of phenols is 1. The molecule has 1 aromatic heterocycles. The fourth-order valence-corrected chi connectivity index (χ4v) is 2.91. The molecule has 5 nitrogen and oxygen atoms in total. The third-order valence-corrected chi connectivity index (χ3v) is 3.98. The van der Waals surface area contributed by atoms with Crippen molar-refractivity contribution in [3.8, 4) is 5.75 Å². The number of hydrogen-bond donors (Lipinski definition) is 1. The molecule has 1 aliphatic heterocycles. The highest BCUT2D eigenvalue weighted by atomic mass is 16.5. The molecule has 0 unspecified atom stereocenters. The van der Waals surface area contributed by atoms with Gasteiger partial charge in [-0.25, -0.2) is 9.97 Å². The van der Waals surface area contributed by atoms with Crippen molar-refractivity contribution >= 4 is 5.82 Å². The number of aromatic hydroxyl groups is 1. The molecule has 0 saturated carbocycles. The van der Waals surface area contributed by atoms with Gasteiger partial charge in [-0.1, -0.05) is 6.07 Å². The Bertz CT molecular complexity index is 673. The van der Waals surface area contributed by atoms with Gasteiger partial charge in [-0.2, -0.15) is 0 Å². The summed E-state index contributed by atoms with van der Waals surface area (Å²) < 4.78 is 5.14. The first-order chi connectivity index (χ1) is 10.7. The maximum atomic E-state index is 9.65. The Hall–Kier alpha value is -2.14. The lowest BCUT2D eigenvalue weighted by atomic mass is 10.0. The minimum absolute atomic E-state index is 0.340. The van der Waals surface area contributed by atoms with Crippen LogP contribution in [0, 0.1) is 6.92 Å². The Morgan fingerprint density at radius 1 is 1.14 bits per heavy atom. The highest BCUT2D eigenvalue weighted by Crippen LogP contribution is 2.23. The molecular formula is C17H21N3O2. The summed E-state index contributed by atoms with van der Waals surface area (Å²) in [5.74, 6) is 2.01. The number of ether oxygens (including phenoxy) is 1. The lowest BCUT2D eigenvalue weighted by Crippen LogP contribution is -2.27. The van der Waals surface area contributed by atoms with Gasteiger partial charge in [0.05, 0.1) is 0 Å². The Kier molecular flexibility index (Phi) is 4.24. The summed E-state index contributed by atoms with van der Waals surface area (Å²) in [6.07, 6.45) is 1.87. The average Bonchev–Trinajstić information content (AvgIpc) is 2.69. The Labute approximate surface area is 130 Å². The van der Waals surface area contributed by atoms with Crippen molar-refractivity contribution in [2.45, 2.75) is 26.4 Å². The quantitative estimate of drug-likeness (QED) is 0.942. The van der Waals surface area contributed by atoms with Crippen molar-refractivity contribution < 1.29 is 9.84 Å². The average molecular weight is 299 g/mol. The Morgan fingerprint density at radius 3 is 2.68 bits per heavy atom. The highest BCUT2D eigenvalue weighted by Gasteiger charge is 2.16. The molecule has 0 bridgehead atoms. The fraction of sp³-hybridized carbons (Fsp3) is 0.412.